The predicted octanol–water partition coefficient (Wildman–Crippen LogP) is 5.33. The van der Waals surface area contributed by atoms with Crippen molar-refractivity contribution < 1.29 is 9.53 Å². The molecule has 0 spiro atoms. The summed E-state index contributed by atoms with van der Waals surface area (Å²) in [5, 5.41) is 0. The van der Waals surface area contributed by atoms with Crippen molar-refractivity contribution >= 4 is 18.7 Å². The smallest absolute Gasteiger partial charge is 0.409 e. The molecule has 5 heteroatoms. The van der Waals surface area contributed by atoms with Gasteiger partial charge < -0.3 is 9.64 Å². The van der Waals surface area contributed by atoms with Crippen molar-refractivity contribution in [2.75, 3.05) is 32.8 Å². The minimum absolute atomic E-state index is 0.0828. The Balaban J connectivity index is 1.19. The van der Waals surface area contributed by atoms with E-state index in [2.05, 4.69) is 85.0 Å². The van der Waals surface area contributed by atoms with Crippen LogP contribution in [0.15, 0.2) is 65.6 Å². The molecule has 0 bridgehead atoms. The number of rotatable bonds is 4. The average Bonchev–Trinajstić information content (AvgIpc) is 3.18. The number of nitrogens with zero attached hydrogens (tertiary/aromatic N) is 2. The van der Waals surface area contributed by atoms with Gasteiger partial charge in [0.25, 0.3) is 0 Å². The molecule has 1 heterocycles. The third-order valence-corrected chi connectivity index (χ3v) is 7.27. The molecule has 172 valence electrons. The van der Waals surface area contributed by atoms with Gasteiger partial charge in [0.15, 0.2) is 0 Å². The number of piperazine rings is 1. The van der Waals surface area contributed by atoms with E-state index in [-0.39, 0.29) is 12.0 Å². The van der Waals surface area contributed by atoms with E-state index in [1.54, 1.807) is 0 Å². The zero-order valence-corrected chi connectivity index (χ0v) is 20.2. The minimum Gasteiger partial charge on any atom is -0.448 e. The Labute approximate surface area is 206 Å². The van der Waals surface area contributed by atoms with Crippen molar-refractivity contribution in [1.29, 1.82) is 0 Å². The van der Waals surface area contributed by atoms with Gasteiger partial charge in [-0.1, -0.05) is 54.5 Å². The zero-order valence-electron chi connectivity index (χ0n) is 19.3. The molecule has 1 fully saturated rings. The molecule has 3 aromatic rings. The van der Waals surface area contributed by atoms with E-state index >= 15 is 0 Å². The van der Waals surface area contributed by atoms with E-state index in [4.69, 9.17) is 11.2 Å². The number of amides is 1. The molecule has 1 aliphatic carbocycles. The molecular formula is C29H28N2O2S. The SMILES string of the molecule is C#Cc1cc(S)cc(CN2CCN(C(=O)OCC3c4ccccc4-c4ccccc43)CC2)c1C. The van der Waals surface area contributed by atoms with E-state index in [0.29, 0.717) is 19.7 Å². The summed E-state index contributed by atoms with van der Waals surface area (Å²) >= 11 is 4.50. The number of fused-ring (bicyclic) bond motifs is 3. The van der Waals surface area contributed by atoms with E-state index in [9.17, 15) is 4.79 Å². The molecule has 0 aromatic heterocycles. The Morgan fingerprint density at radius 3 is 2.26 bits per heavy atom. The van der Waals surface area contributed by atoms with Crippen LogP contribution < -0.4 is 0 Å². The lowest BCUT2D eigenvalue weighted by Crippen LogP contribution is -2.48. The highest BCUT2D eigenvalue weighted by molar-refractivity contribution is 7.80. The standard InChI is InChI=1S/C29H28N2O2S/c1-3-21-16-23(34)17-22(20(21)2)18-30-12-14-31(15-13-30)29(32)33-19-28-26-10-6-4-8-24(26)25-9-5-7-11-27(25)28/h1,4-11,16-17,28,34H,12-15,18-19H2,2H3. The van der Waals surface area contributed by atoms with Gasteiger partial charge in [-0.05, 0) is 52.4 Å². The highest BCUT2D eigenvalue weighted by Gasteiger charge is 2.30. The van der Waals surface area contributed by atoms with Crippen LogP contribution in [0, 0.1) is 19.3 Å². The molecule has 4 nitrogen and oxygen atoms in total. The second-order valence-electron chi connectivity index (χ2n) is 8.99. The quantitative estimate of drug-likeness (QED) is 0.415. The lowest BCUT2D eigenvalue weighted by atomic mass is 9.98. The summed E-state index contributed by atoms with van der Waals surface area (Å²) in [6.45, 7) is 6.11. The van der Waals surface area contributed by atoms with Crippen LogP contribution in [0.2, 0.25) is 0 Å². The van der Waals surface area contributed by atoms with Gasteiger partial charge in [-0.25, -0.2) is 4.79 Å². The fraction of sp³-hybridized carbons (Fsp3) is 0.276. The zero-order chi connectivity index (χ0) is 23.7. The van der Waals surface area contributed by atoms with Crippen molar-refractivity contribution in [2.45, 2.75) is 24.3 Å². The highest BCUT2D eigenvalue weighted by Crippen LogP contribution is 2.44. The molecule has 1 amide bonds. The van der Waals surface area contributed by atoms with Crippen LogP contribution in [0.1, 0.15) is 33.7 Å². The molecule has 0 radical (unpaired) electrons. The first-order valence-corrected chi connectivity index (χ1v) is 12.1. The Morgan fingerprint density at radius 2 is 1.65 bits per heavy atom. The number of carbonyl (C=O) groups is 1. The van der Waals surface area contributed by atoms with E-state index < -0.39 is 0 Å². The highest BCUT2D eigenvalue weighted by atomic mass is 32.1. The lowest BCUT2D eigenvalue weighted by molar-refractivity contribution is 0.0728. The van der Waals surface area contributed by atoms with E-state index in [1.807, 2.05) is 11.0 Å². The van der Waals surface area contributed by atoms with Gasteiger partial charge >= 0.3 is 6.09 Å². The fourth-order valence-electron chi connectivity index (χ4n) is 5.09. The molecule has 0 saturated carbocycles. The summed E-state index contributed by atoms with van der Waals surface area (Å²) in [5.74, 6) is 2.83. The lowest BCUT2D eigenvalue weighted by Gasteiger charge is -2.34. The average molecular weight is 469 g/mol. The maximum Gasteiger partial charge on any atom is 0.409 e. The number of carbonyl (C=O) groups excluding carboxylic acids is 1. The summed E-state index contributed by atoms with van der Waals surface area (Å²) in [6.07, 6.45) is 5.41. The molecule has 1 aliphatic heterocycles. The van der Waals surface area contributed by atoms with Crippen molar-refractivity contribution in [2.24, 2.45) is 0 Å². The van der Waals surface area contributed by atoms with E-state index in [1.165, 1.54) is 27.8 Å². The van der Waals surface area contributed by atoms with Gasteiger partial charge in [-0.15, -0.1) is 19.1 Å². The molecule has 5 rings (SSSR count). The first-order chi connectivity index (χ1) is 16.5. The van der Waals surface area contributed by atoms with Gasteiger partial charge in [0.1, 0.15) is 6.61 Å². The molecule has 0 N–H and O–H groups in total. The number of thiol groups is 1. The van der Waals surface area contributed by atoms with Gasteiger partial charge in [0, 0.05) is 49.1 Å². The first kappa shape index (κ1) is 22.6. The molecular weight excluding hydrogens is 440 g/mol. The fourth-order valence-corrected chi connectivity index (χ4v) is 5.37. The normalized spacial score (nSPS) is 15.5. The predicted molar refractivity (Wildman–Crippen MR) is 138 cm³/mol. The Hall–Kier alpha value is -3.20. The third-order valence-electron chi connectivity index (χ3n) is 7.02. The summed E-state index contributed by atoms with van der Waals surface area (Å²) in [5.41, 5.74) is 8.14. The van der Waals surface area contributed by atoms with E-state index in [0.717, 1.165) is 35.7 Å². The molecule has 1 saturated heterocycles. The number of benzene rings is 3. The number of terminal acetylenes is 1. The largest absolute Gasteiger partial charge is 0.448 e. The summed E-state index contributed by atoms with van der Waals surface area (Å²) in [7, 11) is 0. The Bertz CT molecular complexity index is 1230. The van der Waals surface area contributed by atoms with Crippen LogP contribution in [-0.4, -0.2) is 48.7 Å². The van der Waals surface area contributed by atoms with Crippen molar-refractivity contribution in [3.8, 4) is 23.5 Å². The molecule has 0 atom stereocenters. The minimum atomic E-state index is -0.232. The molecule has 34 heavy (non-hydrogen) atoms. The monoisotopic (exact) mass is 468 g/mol. The van der Waals surface area contributed by atoms with Gasteiger partial charge in [-0.3, -0.25) is 4.90 Å². The molecule has 0 unspecified atom stereocenters. The Morgan fingerprint density at radius 1 is 1.03 bits per heavy atom. The van der Waals surface area contributed by atoms with Crippen LogP contribution in [0.4, 0.5) is 4.79 Å². The van der Waals surface area contributed by atoms with Crippen LogP contribution >= 0.6 is 12.6 Å². The molecule has 3 aromatic carbocycles. The van der Waals surface area contributed by atoms with Crippen molar-refractivity contribution in [3.05, 3.63) is 88.5 Å². The number of hydrogen-bond donors (Lipinski definition) is 1. The third kappa shape index (κ3) is 4.32. The number of hydrogen-bond acceptors (Lipinski definition) is 4. The van der Waals surface area contributed by atoms with Crippen LogP contribution in [0.5, 0.6) is 0 Å². The summed E-state index contributed by atoms with van der Waals surface area (Å²) in [6, 6.07) is 20.8. The van der Waals surface area contributed by atoms with Crippen molar-refractivity contribution in [1.82, 2.24) is 9.80 Å². The summed E-state index contributed by atoms with van der Waals surface area (Å²) < 4.78 is 5.83. The molecule has 2 aliphatic rings. The van der Waals surface area contributed by atoms with Crippen molar-refractivity contribution in [3.63, 3.8) is 0 Å². The second kappa shape index (κ2) is 9.58. The van der Waals surface area contributed by atoms with Gasteiger partial charge in [-0.2, -0.15) is 0 Å². The first-order valence-electron chi connectivity index (χ1n) is 11.7. The van der Waals surface area contributed by atoms with Gasteiger partial charge in [0.05, 0.1) is 0 Å². The second-order valence-corrected chi connectivity index (χ2v) is 9.51. The maximum absolute atomic E-state index is 12.9. The van der Waals surface area contributed by atoms with Crippen LogP contribution in [0.3, 0.4) is 0 Å². The Kier molecular flexibility index (Phi) is 6.36. The number of ether oxygens (including phenoxy) is 1. The van der Waals surface area contributed by atoms with Crippen LogP contribution in [-0.2, 0) is 11.3 Å². The van der Waals surface area contributed by atoms with Gasteiger partial charge in [0.2, 0.25) is 0 Å². The topological polar surface area (TPSA) is 32.8 Å². The maximum atomic E-state index is 12.9. The van der Waals surface area contributed by atoms with Crippen LogP contribution in [0.25, 0.3) is 11.1 Å². The summed E-state index contributed by atoms with van der Waals surface area (Å²) in [4.78, 5) is 17.9.